The van der Waals surface area contributed by atoms with Gasteiger partial charge in [0.2, 0.25) is 0 Å². The molecule has 1 aromatic rings. The van der Waals surface area contributed by atoms with Crippen LogP contribution in [-0.4, -0.2) is 23.8 Å². The van der Waals surface area contributed by atoms with Crippen molar-refractivity contribution < 1.29 is 14.6 Å². The highest BCUT2D eigenvalue weighted by Crippen LogP contribution is 2.19. The van der Waals surface area contributed by atoms with Gasteiger partial charge in [-0.3, -0.25) is 0 Å². The highest BCUT2D eigenvalue weighted by molar-refractivity contribution is 5.76. The number of nitriles is 1. The molecule has 2 atom stereocenters. The second kappa shape index (κ2) is 5.89. The molecule has 0 aromatic heterocycles. The summed E-state index contributed by atoms with van der Waals surface area (Å²) in [5.74, 6) is -1.65. The molecule has 0 fully saturated rings. The first-order valence-electron chi connectivity index (χ1n) is 5.00. The van der Waals surface area contributed by atoms with Crippen LogP contribution in [0.4, 0.5) is 0 Å². The van der Waals surface area contributed by atoms with E-state index in [-0.39, 0.29) is 6.61 Å². The van der Waals surface area contributed by atoms with Crippen molar-refractivity contribution in [2.45, 2.75) is 18.9 Å². The summed E-state index contributed by atoms with van der Waals surface area (Å²) in [6.07, 6.45) is -1.44. The number of nitrogens with zero attached hydrogens (tertiary/aromatic N) is 1. The van der Waals surface area contributed by atoms with E-state index in [1.807, 2.05) is 6.07 Å². The molecular formula is C12H13NO3. The maximum atomic E-state index is 11.3. The average molecular weight is 219 g/mol. The van der Waals surface area contributed by atoms with Gasteiger partial charge in [-0.05, 0) is 12.5 Å². The summed E-state index contributed by atoms with van der Waals surface area (Å²) in [7, 11) is 0. The van der Waals surface area contributed by atoms with Gasteiger partial charge < -0.3 is 9.84 Å². The van der Waals surface area contributed by atoms with E-state index in [1.54, 1.807) is 37.3 Å². The zero-order valence-corrected chi connectivity index (χ0v) is 8.96. The fourth-order valence-electron chi connectivity index (χ4n) is 1.35. The molecule has 0 bridgehead atoms. The first-order valence-corrected chi connectivity index (χ1v) is 5.00. The molecule has 0 aliphatic heterocycles. The molecule has 0 aliphatic rings. The normalized spacial score (nSPS) is 13.6. The zero-order chi connectivity index (χ0) is 12.0. The number of hydrogen-bond donors (Lipinski definition) is 1. The quantitative estimate of drug-likeness (QED) is 0.773. The van der Waals surface area contributed by atoms with Crippen molar-refractivity contribution in [3.63, 3.8) is 0 Å². The highest BCUT2D eigenvalue weighted by Gasteiger charge is 2.28. The van der Waals surface area contributed by atoms with Gasteiger partial charge in [-0.2, -0.15) is 5.26 Å². The van der Waals surface area contributed by atoms with Crippen LogP contribution in [0.1, 0.15) is 18.4 Å². The second-order valence-corrected chi connectivity index (χ2v) is 3.21. The zero-order valence-electron chi connectivity index (χ0n) is 8.96. The number of esters is 1. The Balaban J connectivity index is 2.84. The van der Waals surface area contributed by atoms with Gasteiger partial charge in [0.05, 0.1) is 12.7 Å². The minimum Gasteiger partial charge on any atom is -0.464 e. The maximum absolute atomic E-state index is 11.3. The number of hydrogen-bond acceptors (Lipinski definition) is 4. The molecule has 0 amide bonds. The fourth-order valence-corrected chi connectivity index (χ4v) is 1.35. The third kappa shape index (κ3) is 2.81. The summed E-state index contributed by atoms with van der Waals surface area (Å²) in [6.45, 7) is 1.83. The lowest BCUT2D eigenvalue weighted by Gasteiger charge is -2.15. The third-order valence-electron chi connectivity index (χ3n) is 2.14. The van der Waals surface area contributed by atoms with Crippen LogP contribution >= 0.6 is 0 Å². The number of carbonyl (C=O) groups is 1. The molecule has 1 aromatic carbocycles. The number of benzene rings is 1. The predicted molar refractivity (Wildman–Crippen MR) is 57.4 cm³/mol. The molecule has 0 heterocycles. The molecular weight excluding hydrogens is 206 g/mol. The van der Waals surface area contributed by atoms with E-state index in [4.69, 9.17) is 5.26 Å². The van der Waals surface area contributed by atoms with Crippen molar-refractivity contribution in [1.82, 2.24) is 0 Å². The van der Waals surface area contributed by atoms with Crippen molar-refractivity contribution in [3.8, 4) is 6.07 Å². The van der Waals surface area contributed by atoms with Crippen LogP contribution in [0.15, 0.2) is 30.3 Å². The number of carbonyl (C=O) groups excluding carboxylic acids is 1. The Morgan fingerprint density at radius 1 is 1.50 bits per heavy atom. The van der Waals surface area contributed by atoms with Crippen molar-refractivity contribution in [1.29, 1.82) is 5.26 Å². The highest BCUT2D eigenvalue weighted by atomic mass is 16.5. The summed E-state index contributed by atoms with van der Waals surface area (Å²) in [5, 5.41) is 18.6. The Labute approximate surface area is 94.1 Å². The molecule has 0 radical (unpaired) electrons. The van der Waals surface area contributed by atoms with Crippen molar-refractivity contribution in [2.75, 3.05) is 6.61 Å². The van der Waals surface area contributed by atoms with Gasteiger partial charge in [0.1, 0.15) is 5.92 Å². The van der Waals surface area contributed by atoms with E-state index >= 15 is 0 Å². The molecule has 1 N–H and O–H groups in total. The minimum absolute atomic E-state index is 0.183. The van der Waals surface area contributed by atoms with Gasteiger partial charge in [-0.15, -0.1) is 0 Å². The standard InChI is InChI=1S/C12H13NO3/c1-2-16-12(15)11(14)10(8-13)9-6-4-3-5-7-9/h3-7,10-11,14H,2H2,1H3. The topological polar surface area (TPSA) is 70.3 Å². The molecule has 4 nitrogen and oxygen atoms in total. The van der Waals surface area contributed by atoms with Gasteiger partial charge in [-0.25, -0.2) is 4.79 Å². The molecule has 84 valence electrons. The van der Waals surface area contributed by atoms with Crippen molar-refractivity contribution in [3.05, 3.63) is 35.9 Å². The second-order valence-electron chi connectivity index (χ2n) is 3.21. The lowest BCUT2D eigenvalue weighted by atomic mass is 9.95. The smallest absolute Gasteiger partial charge is 0.336 e. The number of aliphatic hydroxyl groups excluding tert-OH is 1. The summed E-state index contributed by atoms with van der Waals surface area (Å²) >= 11 is 0. The average Bonchev–Trinajstić information content (AvgIpc) is 2.31. The Morgan fingerprint density at radius 2 is 2.12 bits per heavy atom. The lowest BCUT2D eigenvalue weighted by Crippen LogP contribution is -2.29. The van der Waals surface area contributed by atoms with Gasteiger partial charge >= 0.3 is 5.97 Å². The van der Waals surface area contributed by atoms with E-state index in [0.717, 1.165) is 0 Å². The monoisotopic (exact) mass is 219 g/mol. The SMILES string of the molecule is CCOC(=O)C(O)C(C#N)c1ccccc1. The number of rotatable bonds is 4. The van der Waals surface area contributed by atoms with Crippen LogP contribution in [0.25, 0.3) is 0 Å². The Morgan fingerprint density at radius 3 is 2.62 bits per heavy atom. The van der Waals surface area contributed by atoms with Crippen LogP contribution < -0.4 is 0 Å². The van der Waals surface area contributed by atoms with Gasteiger partial charge in [0, 0.05) is 0 Å². The molecule has 1 rings (SSSR count). The Hall–Kier alpha value is -1.86. The molecule has 0 aliphatic carbocycles. The van der Waals surface area contributed by atoms with Crippen molar-refractivity contribution in [2.24, 2.45) is 0 Å². The molecule has 0 saturated heterocycles. The predicted octanol–water partition coefficient (Wildman–Crippen LogP) is 1.22. The minimum atomic E-state index is -1.44. The third-order valence-corrected chi connectivity index (χ3v) is 2.14. The summed E-state index contributed by atoms with van der Waals surface area (Å²) in [6, 6.07) is 10.6. The number of aliphatic hydroxyl groups is 1. The van der Waals surface area contributed by atoms with Crippen molar-refractivity contribution >= 4 is 5.97 Å². The largest absolute Gasteiger partial charge is 0.464 e. The van der Waals surface area contributed by atoms with E-state index in [9.17, 15) is 9.90 Å². The molecule has 4 heteroatoms. The van der Waals surface area contributed by atoms with Gasteiger partial charge in [0.15, 0.2) is 6.10 Å². The van der Waals surface area contributed by atoms with Gasteiger partial charge in [-0.1, -0.05) is 30.3 Å². The first kappa shape index (κ1) is 12.2. The van der Waals surface area contributed by atoms with Crippen LogP contribution in [-0.2, 0) is 9.53 Å². The van der Waals surface area contributed by atoms with E-state index in [0.29, 0.717) is 5.56 Å². The molecule has 2 unspecified atom stereocenters. The molecule has 0 saturated carbocycles. The first-order chi connectivity index (χ1) is 7.70. The van der Waals surface area contributed by atoms with Crippen LogP contribution in [0.2, 0.25) is 0 Å². The number of ether oxygens (including phenoxy) is 1. The van der Waals surface area contributed by atoms with Crippen LogP contribution in [0, 0.1) is 11.3 Å². The van der Waals surface area contributed by atoms with E-state index in [1.165, 1.54) is 0 Å². The Bertz CT molecular complexity index is 383. The summed E-state index contributed by atoms with van der Waals surface area (Å²) < 4.78 is 4.67. The molecule has 0 spiro atoms. The maximum Gasteiger partial charge on any atom is 0.336 e. The van der Waals surface area contributed by atoms with Crippen LogP contribution in [0.5, 0.6) is 0 Å². The van der Waals surface area contributed by atoms with E-state index in [2.05, 4.69) is 4.74 Å². The van der Waals surface area contributed by atoms with Crippen LogP contribution in [0.3, 0.4) is 0 Å². The Kier molecular flexibility index (Phi) is 4.49. The van der Waals surface area contributed by atoms with E-state index < -0.39 is 18.0 Å². The summed E-state index contributed by atoms with van der Waals surface area (Å²) in [5.41, 5.74) is 0.602. The fraction of sp³-hybridized carbons (Fsp3) is 0.333. The lowest BCUT2D eigenvalue weighted by molar-refractivity contribution is -0.153. The summed E-state index contributed by atoms with van der Waals surface area (Å²) in [4.78, 5) is 11.3. The van der Waals surface area contributed by atoms with Gasteiger partial charge in [0.25, 0.3) is 0 Å². The molecule has 16 heavy (non-hydrogen) atoms.